The molecular formula is C20H22BrN3O4S. The molecule has 154 valence electrons. The summed E-state index contributed by atoms with van der Waals surface area (Å²) >= 11 is 4.76. The van der Waals surface area contributed by atoms with Gasteiger partial charge >= 0.3 is 0 Å². The number of halogens is 1. The second-order valence-corrected chi connectivity index (χ2v) is 8.49. The van der Waals surface area contributed by atoms with Crippen LogP contribution < -0.4 is 9.64 Å². The average molecular weight is 480 g/mol. The SMILES string of the molecule is COc1ccc2sc(N(CCCN3CCOCC3)C(=O)c3ccc(Br)o3)nc2c1. The van der Waals surface area contributed by atoms with Crippen LogP contribution in [0.2, 0.25) is 0 Å². The van der Waals surface area contributed by atoms with Crippen molar-refractivity contribution in [2.24, 2.45) is 0 Å². The maximum Gasteiger partial charge on any atom is 0.295 e. The fraction of sp³-hybridized carbons (Fsp3) is 0.400. The first kappa shape index (κ1) is 20.3. The van der Waals surface area contributed by atoms with Crippen LogP contribution in [-0.2, 0) is 4.74 Å². The van der Waals surface area contributed by atoms with E-state index in [1.807, 2.05) is 18.2 Å². The Morgan fingerprint density at radius 2 is 2.14 bits per heavy atom. The summed E-state index contributed by atoms with van der Waals surface area (Å²) in [6.07, 6.45) is 0.840. The van der Waals surface area contributed by atoms with E-state index >= 15 is 0 Å². The van der Waals surface area contributed by atoms with Gasteiger partial charge in [-0.15, -0.1) is 0 Å². The molecule has 29 heavy (non-hydrogen) atoms. The van der Waals surface area contributed by atoms with Crippen LogP contribution in [-0.4, -0.2) is 62.3 Å². The van der Waals surface area contributed by atoms with E-state index in [0.29, 0.717) is 22.1 Å². The molecule has 0 atom stereocenters. The molecule has 0 N–H and O–H groups in total. The lowest BCUT2D eigenvalue weighted by Crippen LogP contribution is -2.39. The number of anilines is 1. The van der Waals surface area contributed by atoms with E-state index in [1.54, 1.807) is 24.1 Å². The molecule has 0 saturated carbocycles. The first-order chi connectivity index (χ1) is 14.1. The third-order valence-electron chi connectivity index (χ3n) is 4.80. The summed E-state index contributed by atoms with van der Waals surface area (Å²) in [5, 5.41) is 0.660. The highest BCUT2D eigenvalue weighted by Crippen LogP contribution is 2.32. The second-order valence-electron chi connectivity index (χ2n) is 6.70. The molecule has 0 unspecified atom stereocenters. The largest absolute Gasteiger partial charge is 0.497 e. The van der Waals surface area contributed by atoms with Crippen molar-refractivity contribution in [1.29, 1.82) is 0 Å². The Labute approximate surface area is 181 Å². The zero-order valence-electron chi connectivity index (χ0n) is 16.1. The predicted octanol–water partition coefficient (Wildman–Crippen LogP) is 4.03. The van der Waals surface area contributed by atoms with Gasteiger partial charge in [0.05, 0.1) is 30.5 Å². The maximum atomic E-state index is 13.2. The van der Waals surface area contributed by atoms with Gasteiger partial charge in [-0.1, -0.05) is 11.3 Å². The Morgan fingerprint density at radius 3 is 2.86 bits per heavy atom. The summed E-state index contributed by atoms with van der Waals surface area (Å²) in [5.74, 6) is 0.846. The third kappa shape index (κ3) is 4.80. The van der Waals surface area contributed by atoms with Gasteiger partial charge in [0.15, 0.2) is 15.6 Å². The van der Waals surface area contributed by atoms with E-state index in [2.05, 4.69) is 20.8 Å². The van der Waals surface area contributed by atoms with Crippen LogP contribution in [0.5, 0.6) is 5.75 Å². The number of benzene rings is 1. The smallest absolute Gasteiger partial charge is 0.295 e. The highest BCUT2D eigenvalue weighted by Gasteiger charge is 2.24. The minimum absolute atomic E-state index is 0.191. The first-order valence-corrected chi connectivity index (χ1v) is 11.1. The van der Waals surface area contributed by atoms with Crippen molar-refractivity contribution in [3.63, 3.8) is 0 Å². The van der Waals surface area contributed by atoms with Crippen molar-refractivity contribution >= 4 is 48.5 Å². The number of amides is 1. The molecule has 1 aliphatic heterocycles. The zero-order chi connectivity index (χ0) is 20.2. The van der Waals surface area contributed by atoms with Crippen LogP contribution in [0.4, 0.5) is 5.13 Å². The Bertz CT molecular complexity index is 983. The molecule has 0 spiro atoms. The molecule has 4 rings (SSSR count). The number of thiazole rings is 1. The summed E-state index contributed by atoms with van der Waals surface area (Å²) in [5.41, 5.74) is 0.816. The van der Waals surface area contributed by atoms with E-state index in [9.17, 15) is 4.79 Å². The van der Waals surface area contributed by atoms with Crippen LogP contribution in [0.15, 0.2) is 39.4 Å². The van der Waals surface area contributed by atoms with Gasteiger partial charge in [-0.3, -0.25) is 14.6 Å². The first-order valence-electron chi connectivity index (χ1n) is 9.46. The summed E-state index contributed by atoms with van der Waals surface area (Å²) in [6.45, 7) is 4.87. The van der Waals surface area contributed by atoms with Gasteiger partial charge in [0.1, 0.15) is 5.75 Å². The number of morpholine rings is 1. The monoisotopic (exact) mass is 479 g/mol. The number of aromatic nitrogens is 1. The fourth-order valence-electron chi connectivity index (χ4n) is 3.26. The lowest BCUT2D eigenvalue weighted by molar-refractivity contribution is 0.0376. The molecule has 1 amide bonds. The highest BCUT2D eigenvalue weighted by atomic mass is 79.9. The Morgan fingerprint density at radius 1 is 1.31 bits per heavy atom. The quantitative estimate of drug-likeness (QED) is 0.509. The van der Waals surface area contributed by atoms with Crippen LogP contribution in [0.3, 0.4) is 0 Å². The predicted molar refractivity (Wildman–Crippen MR) is 116 cm³/mol. The van der Waals surface area contributed by atoms with Gasteiger partial charge in [-0.25, -0.2) is 4.98 Å². The van der Waals surface area contributed by atoms with Crippen molar-refractivity contribution in [3.05, 3.63) is 40.8 Å². The van der Waals surface area contributed by atoms with Gasteiger partial charge in [0, 0.05) is 32.2 Å². The zero-order valence-corrected chi connectivity index (χ0v) is 18.5. The molecule has 1 saturated heterocycles. The Hall–Kier alpha value is -1.94. The molecule has 2 aromatic heterocycles. The number of methoxy groups -OCH3 is 1. The molecule has 1 aromatic carbocycles. The van der Waals surface area contributed by atoms with E-state index < -0.39 is 0 Å². The number of rotatable bonds is 7. The number of hydrogen-bond donors (Lipinski definition) is 0. The Kier molecular flexibility index (Phi) is 6.49. The number of carbonyl (C=O) groups excluding carboxylic acids is 1. The van der Waals surface area contributed by atoms with E-state index in [4.69, 9.17) is 18.9 Å². The van der Waals surface area contributed by atoms with Crippen molar-refractivity contribution in [2.45, 2.75) is 6.42 Å². The number of hydrogen-bond acceptors (Lipinski definition) is 7. The average Bonchev–Trinajstić information content (AvgIpc) is 3.37. The number of ether oxygens (including phenoxy) is 2. The molecular weight excluding hydrogens is 458 g/mol. The fourth-order valence-corrected chi connectivity index (χ4v) is 4.54. The van der Waals surface area contributed by atoms with Crippen LogP contribution in [0.25, 0.3) is 10.2 Å². The molecule has 0 bridgehead atoms. The summed E-state index contributed by atoms with van der Waals surface area (Å²) in [4.78, 5) is 21.9. The molecule has 3 heterocycles. The molecule has 1 aliphatic rings. The third-order valence-corrected chi connectivity index (χ3v) is 6.29. The van der Waals surface area contributed by atoms with E-state index in [0.717, 1.165) is 55.2 Å². The number of furan rings is 1. The van der Waals surface area contributed by atoms with Crippen LogP contribution in [0.1, 0.15) is 17.0 Å². The minimum Gasteiger partial charge on any atom is -0.497 e. The number of carbonyl (C=O) groups is 1. The Balaban J connectivity index is 1.56. The second kappa shape index (κ2) is 9.25. The van der Waals surface area contributed by atoms with Gasteiger partial charge in [-0.2, -0.15) is 0 Å². The molecule has 0 aliphatic carbocycles. The summed E-state index contributed by atoms with van der Waals surface area (Å²) in [7, 11) is 1.63. The minimum atomic E-state index is -0.191. The number of nitrogens with zero attached hydrogens (tertiary/aromatic N) is 3. The summed E-state index contributed by atoms with van der Waals surface area (Å²) < 4.78 is 17.7. The van der Waals surface area contributed by atoms with E-state index in [-0.39, 0.29) is 5.91 Å². The molecule has 1 fully saturated rings. The normalized spacial score (nSPS) is 15.0. The maximum absolute atomic E-state index is 13.2. The van der Waals surface area contributed by atoms with Crippen molar-refractivity contribution < 1.29 is 18.7 Å². The molecule has 9 heteroatoms. The van der Waals surface area contributed by atoms with E-state index in [1.165, 1.54) is 11.3 Å². The van der Waals surface area contributed by atoms with Crippen molar-refractivity contribution in [2.75, 3.05) is 51.4 Å². The lowest BCUT2D eigenvalue weighted by atomic mass is 10.3. The van der Waals surface area contributed by atoms with Crippen molar-refractivity contribution in [3.8, 4) is 5.75 Å². The molecule has 0 radical (unpaired) electrons. The van der Waals surface area contributed by atoms with Crippen molar-refractivity contribution in [1.82, 2.24) is 9.88 Å². The van der Waals surface area contributed by atoms with Gasteiger partial charge < -0.3 is 13.9 Å². The lowest BCUT2D eigenvalue weighted by Gasteiger charge is -2.27. The van der Waals surface area contributed by atoms with Gasteiger partial charge in [0.25, 0.3) is 5.91 Å². The van der Waals surface area contributed by atoms with Gasteiger partial charge in [-0.05, 0) is 46.6 Å². The van der Waals surface area contributed by atoms with Crippen LogP contribution >= 0.6 is 27.3 Å². The van der Waals surface area contributed by atoms with Crippen LogP contribution in [0, 0.1) is 0 Å². The summed E-state index contributed by atoms with van der Waals surface area (Å²) in [6, 6.07) is 9.16. The topological polar surface area (TPSA) is 68.0 Å². The molecule has 3 aromatic rings. The highest BCUT2D eigenvalue weighted by molar-refractivity contribution is 9.10. The molecule has 7 nitrogen and oxygen atoms in total. The standard InChI is InChI=1S/C20H22BrN3O4S/c1-26-14-3-5-17-15(13-14)22-20(29-17)24(19(25)16-4-6-18(21)28-16)8-2-7-23-9-11-27-12-10-23/h3-6,13H,2,7-12H2,1H3. The van der Waals surface area contributed by atoms with Gasteiger partial charge in [0.2, 0.25) is 0 Å². The number of fused-ring (bicyclic) bond motifs is 1.